The first-order valence-electron chi connectivity index (χ1n) is 10.6. The summed E-state index contributed by atoms with van der Waals surface area (Å²) in [7, 11) is 0. The van der Waals surface area contributed by atoms with Gasteiger partial charge in [-0.3, -0.25) is 0 Å². The first-order chi connectivity index (χ1) is 15.6. The van der Waals surface area contributed by atoms with Gasteiger partial charge in [-0.25, -0.2) is 19.7 Å². The number of nitrogens with zero attached hydrogens (tertiary/aromatic N) is 4. The quantitative estimate of drug-likeness (QED) is 0.419. The molecule has 2 N–H and O–H groups in total. The van der Waals surface area contributed by atoms with Gasteiger partial charge in [0.2, 0.25) is 5.95 Å². The SMILES string of the molecule is CCCC(=O)On1cnc(C[C@@H](CO)Nc2nccc(-c3ccc4ccccc4c3)n2)c1. The summed E-state index contributed by atoms with van der Waals surface area (Å²) in [5, 5.41) is 15.3. The summed E-state index contributed by atoms with van der Waals surface area (Å²) in [6.07, 6.45) is 6.24. The summed E-state index contributed by atoms with van der Waals surface area (Å²) in [6.45, 7) is 1.78. The Morgan fingerprint density at radius 1 is 1.16 bits per heavy atom. The second-order valence-corrected chi connectivity index (χ2v) is 7.49. The van der Waals surface area contributed by atoms with E-state index in [2.05, 4.69) is 44.5 Å². The molecule has 1 atom stereocenters. The number of benzene rings is 2. The number of hydrogen-bond acceptors (Lipinski definition) is 7. The molecule has 0 unspecified atom stereocenters. The zero-order valence-corrected chi connectivity index (χ0v) is 17.8. The van der Waals surface area contributed by atoms with Gasteiger partial charge in [0, 0.05) is 24.6 Å². The first kappa shape index (κ1) is 21.5. The lowest BCUT2D eigenvalue weighted by atomic mass is 10.1. The number of rotatable bonds is 9. The van der Waals surface area contributed by atoms with Crippen LogP contribution in [0.3, 0.4) is 0 Å². The Labute approximate surface area is 185 Å². The number of carbonyl (C=O) groups excluding carboxylic acids is 1. The van der Waals surface area contributed by atoms with Crippen molar-refractivity contribution < 1.29 is 14.7 Å². The van der Waals surface area contributed by atoms with E-state index >= 15 is 0 Å². The molecule has 0 aliphatic carbocycles. The van der Waals surface area contributed by atoms with Crippen molar-refractivity contribution in [1.29, 1.82) is 0 Å². The fourth-order valence-corrected chi connectivity index (χ4v) is 3.40. The second kappa shape index (κ2) is 10.0. The highest BCUT2D eigenvalue weighted by Gasteiger charge is 2.14. The van der Waals surface area contributed by atoms with Crippen LogP contribution in [0, 0.1) is 0 Å². The summed E-state index contributed by atoms with van der Waals surface area (Å²) in [5.74, 6) is 0.107. The van der Waals surface area contributed by atoms with Crippen molar-refractivity contribution in [3.05, 3.63) is 72.9 Å². The highest BCUT2D eigenvalue weighted by molar-refractivity contribution is 5.86. The lowest BCUT2D eigenvalue weighted by molar-refractivity contribution is -0.144. The van der Waals surface area contributed by atoms with Crippen LogP contribution in [0.5, 0.6) is 0 Å². The van der Waals surface area contributed by atoms with Gasteiger partial charge in [0.25, 0.3) is 0 Å². The lowest BCUT2D eigenvalue weighted by Crippen LogP contribution is -2.27. The standard InChI is InChI=1S/C24H25N5O3/c1-2-5-23(31)32-29-14-20(26-16-29)13-21(15-30)27-24-25-11-10-22(28-24)19-9-8-17-6-3-4-7-18(17)12-19/h3-4,6-12,14,16,21,30H,2,5,13,15H2,1H3,(H,25,27,28)/t21-/m0/s1. The Bertz CT molecular complexity index is 1210. The lowest BCUT2D eigenvalue weighted by Gasteiger charge is -2.15. The molecule has 0 amide bonds. The molecule has 0 saturated carbocycles. The van der Waals surface area contributed by atoms with Crippen molar-refractivity contribution in [3.63, 3.8) is 0 Å². The molecule has 0 radical (unpaired) electrons. The van der Waals surface area contributed by atoms with E-state index in [0.29, 0.717) is 24.5 Å². The average Bonchev–Trinajstić information content (AvgIpc) is 3.25. The van der Waals surface area contributed by atoms with Crippen molar-refractivity contribution in [2.45, 2.75) is 32.2 Å². The van der Waals surface area contributed by atoms with Crippen LogP contribution in [0.25, 0.3) is 22.0 Å². The van der Waals surface area contributed by atoms with Gasteiger partial charge in [0.1, 0.15) is 6.33 Å². The number of anilines is 1. The summed E-state index contributed by atoms with van der Waals surface area (Å²) in [4.78, 5) is 30.0. The van der Waals surface area contributed by atoms with Crippen LogP contribution < -0.4 is 10.2 Å². The van der Waals surface area contributed by atoms with E-state index < -0.39 is 0 Å². The number of nitrogens with one attached hydrogen (secondary N) is 1. The molecule has 32 heavy (non-hydrogen) atoms. The summed E-state index contributed by atoms with van der Waals surface area (Å²) < 4.78 is 1.29. The Kier molecular flexibility index (Phi) is 6.72. The Hall–Kier alpha value is -3.78. The number of carbonyl (C=O) groups is 1. The largest absolute Gasteiger partial charge is 0.394 e. The molecule has 0 bridgehead atoms. The minimum Gasteiger partial charge on any atom is -0.394 e. The van der Waals surface area contributed by atoms with Crippen molar-refractivity contribution in [2.24, 2.45) is 0 Å². The van der Waals surface area contributed by atoms with Crippen LogP contribution in [0.1, 0.15) is 25.5 Å². The molecule has 0 fully saturated rings. The van der Waals surface area contributed by atoms with Gasteiger partial charge in [0.05, 0.1) is 30.2 Å². The van der Waals surface area contributed by atoms with Crippen LogP contribution in [0.2, 0.25) is 0 Å². The topological polar surface area (TPSA) is 102 Å². The molecular formula is C24H25N5O3. The molecule has 8 heteroatoms. The number of imidazole rings is 1. The molecule has 2 aromatic heterocycles. The summed E-state index contributed by atoms with van der Waals surface area (Å²) >= 11 is 0. The fraction of sp³-hybridized carbons (Fsp3) is 0.250. The maximum absolute atomic E-state index is 11.6. The molecule has 4 aromatic rings. The van der Waals surface area contributed by atoms with Gasteiger partial charge < -0.3 is 15.3 Å². The molecule has 0 saturated heterocycles. The van der Waals surface area contributed by atoms with Gasteiger partial charge in [-0.15, -0.1) is 0 Å². The predicted octanol–water partition coefficient (Wildman–Crippen LogP) is 3.26. The maximum atomic E-state index is 11.6. The van der Waals surface area contributed by atoms with Crippen LogP contribution in [-0.2, 0) is 11.2 Å². The molecular weight excluding hydrogens is 406 g/mol. The van der Waals surface area contributed by atoms with Gasteiger partial charge in [0.15, 0.2) is 0 Å². The van der Waals surface area contributed by atoms with E-state index in [9.17, 15) is 9.90 Å². The normalized spacial score (nSPS) is 11.9. The molecule has 0 aliphatic rings. The maximum Gasteiger partial charge on any atom is 0.332 e. The fourth-order valence-electron chi connectivity index (χ4n) is 3.40. The van der Waals surface area contributed by atoms with E-state index in [1.165, 1.54) is 16.4 Å². The Morgan fingerprint density at radius 3 is 2.81 bits per heavy atom. The molecule has 2 heterocycles. The molecule has 0 spiro atoms. The van der Waals surface area contributed by atoms with E-state index in [0.717, 1.165) is 23.1 Å². The molecule has 2 aromatic carbocycles. The van der Waals surface area contributed by atoms with E-state index in [1.54, 1.807) is 12.4 Å². The number of aromatic nitrogens is 4. The zero-order valence-electron chi connectivity index (χ0n) is 17.8. The third kappa shape index (κ3) is 5.28. The minimum absolute atomic E-state index is 0.133. The molecule has 0 aliphatic heterocycles. The third-order valence-corrected chi connectivity index (χ3v) is 4.98. The van der Waals surface area contributed by atoms with Crippen LogP contribution >= 0.6 is 0 Å². The van der Waals surface area contributed by atoms with E-state index in [-0.39, 0.29) is 18.6 Å². The molecule has 4 rings (SSSR count). The number of fused-ring (bicyclic) bond motifs is 1. The van der Waals surface area contributed by atoms with Crippen molar-refractivity contribution >= 4 is 22.7 Å². The van der Waals surface area contributed by atoms with Crippen molar-refractivity contribution in [1.82, 2.24) is 19.7 Å². The summed E-state index contributed by atoms with van der Waals surface area (Å²) in [5.41, 5.74) is 2.45. The van der Waals surface area contributed by atoms with Gasteiger partial charge in [-0.1, -0.05) is 43.3 Å². The number of aliphatic hydroxyl groups is 1. The van der Waals surface area contributed by atoms with Gasteiger partial charge in [-0.05, 0) is 29.3 Å². The van der Waals surface area contributed by atoms with Gasteiger partial charge >= 0.3 is 5.97 Å². The van der Waals surface area contributed by atoms with Crippen LogP contribution in [-0.4, -0.2) is 43.4 Å². The predicted molar refractivity (Wildman–Crippen MR) is 122 cm³/mol. The molecule has 8 nitrogen and oxygen atoms in total. The second-order valence-electron chi connectivity index (χ2n) is 7.49. The van der Waals surface area contributed by atoms with Crippen LogP contribution in [0.15, 0.2) is 67.3 Å². The number of aliphatic hydroxyl groups excluding tert-OH is 1. The highest BCUT2D eigenvalue weighted by Crippen LogP contribution is 2.23. The van der Waals surface area contributed by atoms with Crippen molar-refractivity contribution in [2.75, 3.05) is 11.9 Å². The van der Waals surface area contributed by atoms with E-state index in [1.807, 2.05) is 31.2 Å². The van der Waals surface area contributed by atoms with Crippen LogP contribution in [0.4, 0.5) is 5.95 Å². The molecule has 164 valence electrons. The monoisotopic (exact) mass is 431 g/mol. The Balaban J connectivity index is 1.44. The first-order valence-corrected chi connectivity index (χ1v) is 10.6. The van der Waals surface area contributed by atoms with Crippen molar-refractivity contribution in [3.8, 4) is 11.3 Å². The Morgan fingerprint density at radius 2 is 2.00 bits per heavy atom. The smallest absolute Gasteiger partial charge is 0.332 e. The van der Waals surface area contributed by atoms with Gasteiger partial charge in [-0.2, -0.15) is 4.73 Å². The average molecular weight is 431 g/mol. The van der Waals surface area contributed by atoms with E-state index in [4.69, 9.17) is 4.84 Å². The highest BCUT2D eigenvalue weighted by atomic mass is 16.7. The minimum atomic E-state index is -0.350. The summed E-state index contributed by atoms with van der Waals surface area (Å²) in [6, 6.07) is 15.9. The third-order valence-electron chi connectivity index (χ3n) is 4.98. The zero-order chi connectivity index (χ0) is 22.3. The number of hydrogen-bond donors (Lipinski definition) is 2.